The molecule has 68 heavy (non-hydrogen) atoms. The molecule has 2 aromatic rings. The Morgan fingerprint density at radius 2 is 0.897 bits per heavy atom. The third-order valence-electron chi connectivity index (χ3n) is 9.76. The number of rotatable bonds is 31. The van der Waals surface area contributed by atoms with Gasteiger partial charge in [-0.2, -0.15) is 0 Å². The van der Waals surface area contributed by atoms with Crippen molar-refractivity contribution in [2.45, 2.75) is 109 Å². The maximum absolute atomic E-state index is 12.7. The van der Waals surface area contributed by atoms with Crippen molar-refractivity contribution in [3.8, 4) is 0 Å². The van der Waals surface area contributed by atoms with Gasteiger partial charge in [-0.05, 0) is 44.0 Å². The Labute approximate surface area is 398 Å². The van der Waals surface area contributed by atoms with E-state index in [0.717, 1.165) is 18.1 Å². The number of aliphatic carboxylic acids is 1. The summed E-state index contributed by atoms with van der Waals surface area (Å²) in [6.07, 6.45) is -0.0605. The van der Waals surface area contributed by atoms with Gasteiger partial charge in [0.15, 0.2) is 30.1 Å². The summed E-state index contributed by atoms with van der Waals surface area (Å²) in [5.41, 5.74) is 1.26. The number of amides is 4. The highest BCUT2D eigenvalue weighted by Crippen LogP contribution is 2.13. The summed E-state index contributed by atoms with van der Waals surface area (Å²) < 4.78 is 46.5. The van der Waals surface area contributed by atoms with Gasteiger partial charge in [0.2, 0.25) is 23.6 Å². The lowest BCUT2D eigenvalue weighted by Gasteiger charge is -2.24. The molecule has 8 unspecified atom stereocenters. The highest BCUT2D eigenvalue weighted by Gasteiger charge is 2.32. The van der Waals surface area contributed by atoms with Crippen LogP contribution in [0.1, 0.15) is 83.5 Å². The number of carboxylic acids is 1. The molecule has 2 aromatic carbocycles. The van der Waals surface area contributed by atoms with E-state index in [0.29, 0.717) is 31.5 Å². The Hall–Kier alpha value is -5.21. The number of Topliss-reactive ketones (excluding diaryl/α,β-unsaturated/α-hetero) is 2. The van der Waals surface area contributed by atoms with Gasteiger partial charge in [0, 0.05) is 12.5 Å². The zero-order valence-corrected chi connectivity index (χ0v) is 41.2. The lowest BCUT2D eigenvalue weighted by Crippen LogP contribution is -2.56. The van der Waals surface area contributed by atoms with Crippen molar-refractivity contribution in [1.82, 2.24) is 42.5 Å². The number of likely N-dealkylation sites (N-methyl/N-ethyl adjacent to an activating group) is 2. The average Bonchev–Trinajstić information content (AvgIpc) is 3.27. The summed E-state index contributed by atoms with van der Waals surface area (Å²) >= 11 is 0. The molecule has 0 heterocycles. The van der Waals surface area contributed by atoms with Gasteiger partial charge >= 0.3 is 5.97 Å². The second kappa shape index (κ2) is 31.0. The lowest BCUT2D eigenvalue weighted by atomic mass is 10.1. The van der Waals surface area contributed by atoms with Gasteiger partial charge < -0.3 is 47.2 Å². The summed E-state index contributed by atoms with van der Waals surface area (Å²) in [6, 6.07) is 11.5. The molecule has 382 valence electrons. The third kappa shape index (κ3) is 24.2. The van der Waals surface area contributed by atoms with Crippen molar-refractivity contribution in [3.05, 3.63) is 71.8 Å². The van der Waals surface area contributed by atoms with Gasteiger partial charge in [-0.25, -0.2) is 21.6 Å². The SMILES string of the molecule is CCCC(NC(=O)C(CS(C)(=O)=O)NCC)C(=O)C(O)NCC(=O)NC(C(=O)O)c1ccccc1.CCCC(NC(=O)C(CS(C)(=O)=O)NCC)C(=O)C(O)NCC(=O)NC(C)c1ccccc1. The number of hydrogen-bond acceptors (Lipinski definition) is 17. The van der Waals surface area contributed by atoms with E-state index >= 15 is 0 Å². The topological polar surface area (TPSA) is 345 Å². The molecule has 0 bridgehead atoms. The maximum atomic E-state index is 12.7. The minimum Gasteiger partial charge on any atom is -0.479 e. The Kier molecular flexibility index (Phi) is 27.7. The lowest BCUT2D eigenvalue weighted by molar-refractivity contribution is -0.142. The highest BCUT2D eigenvalue weighted by molar-refractivity contribution is 7.91. The molecule has 0 saturated carbocycles. The minimum absolute atomic E-state index is 0.169. The first-order valence-corrected chi connectivity index (χ1v) is 26.2. The number of carbonyl (C=O) groups excluding carboxylic acids is 6. The third-order valence-corrected chi connectivity index (χ3v) is 11.6. The second-order valence-corrected chi connectivity index (χ2v) is 20.3. The number of benzene rings is 2. The van der Waals surface area contributed by atoms with Gasteiger partial charge in [-0.3, -0.25) is 39.4 Å². The number of sulfone groups is 2. The van der Waals surface area contributed by atoms with Gasteiger partial charge in [-0.15, -0.1) is 0 Å². The number of nitrogens with one attached hydrogen (secondary N) is 8. The molecule has 24 heteroatoms. The maximum Gasteiger partial charge on any atom is 0.330 e. The molecule has 22 nitrogen and oxygen atoms in total. The molecule has 0 aromatic heterocycles. The number of aliphatic hydroxyl groups excluding tert-OH is 2. The molecule has 0 aliphatic heterocycles. The van der Waals surface area contributed by atoms with Gasteiger partial charge in [0.1, 0.15) is 31.8 Å². The fourth-order valence-corrected chi connectivity index (χ4v) is 8.22. The van der Waals surface area contributed by atoms with Crippen molar-refractivity contribution in [1.29, 1.82) is 0 Å². The molecule has 0 radical (unpaired) electrons. The molecule has 0 fully saturated rings. The summed E-state index contributed by atoms with van der Waals surface area (Å²) in [6.45, 7) is 8.63. The smallest absolute Gasteiger partial charge is 0.330 e. The van der Waals surface area contributed by atoms with Crippen LogP contribution in [0.25, 0.3) is 0 Å². The molecular formula is C44H70N8O14S2. The average molecular weight is 999 g/mol. The van der Waals surface area contributed by atoms with Crippen LogP contribution in [0.5, 0.6) is 0 Å². The van der Waals surface area contributed by atoms with Gasteiger partial charge in [0.25, 0.3) is 0 Å². The van der Waals surface area contributed by atoms with E-state index in [1.807, 2.05) is 44.2 Å². The Morgan fingerprint density at radius 3 is 1.24 bits per heavy atom. The Balaban J connectivity index is 0.000000681. The predicted octanol–water partition coefficient (Wildman–Crippen LogP) is -1.64. The molecule has 0 aliphatic carbocycles. The first-order chi connectivity index (χ1) is 31.9. The quantitative estimate of drug-likeness (QED) is 0.0378. The fraction of sp³-hybridized carbons (Fsp3) is 0.568. The van der Waals surface area contributed by atoms with E-state index < -0.39 is 122 Å². The fourth-order valence-electron chi connectivity index (χ4n) is 6.47. The molecule has 2 rings (SSSR count). The Morgan fingerprint density at radius 1 is 0.529 bits per heavy atom. The van der Waals surface area contributed by atoms with Crippen LogP contribution in [0.15, 0.2) is 60.7 Å². The minimum atomic E-state index is -3.49. The molecule has 11 N–H and O–H groups in total. The van der Waals surface area contributed by atoms with Gasteiger partial charge in [0.05, 0.1) is 42.7 Å². The van der Waals surface area contributed by atoms with Crippen LogP contribution in [-0.4, -0.2) is 160 Å². The van der Waals surface area contributed by atoms with Crippen LogP contribution >= 0.6 is 0 Å². The van der Waals surface area contributed by atoms with Crippen molar-refractivity contribution in [2.75, 3.05) is 50.2 Å². The van der Waals surface area contributed by atoms with Crippen molar-refractivity contribution < 1.29 is 65.7 Å². The predicted molar refractivity (Wildman–Crippen MR) is 254 cm³/mol. The van der Waals surface area contributed by atoms with Crippen LogP contribution in [0.4, 0.5) is 0 Å². The summed E-state index contributed by atoms with van der Waals surface area (Å²) in [7, 11) is -6.92. The van der Waals surface area contributed by atoms with E-state index in [9.17, 15) is 65.7 Å². The molecule has 0 saturated heterocycles. The van der Waals surface area contributed by atoms with Gasteiger partial charge in [-0.1, -0.05) is 101 Å². The number of hydrogen-bond donors (Lipinski definition) is 11. The number of aliphatic hydroxyl groups is 2. The van der Waals surface area contributed by atoms with Crippen molar-refractivity contribution >= 4 is 60.8 Å². The zero-order valence-electron chi connectivity index (χ0n) is 39.6. The van der Waals surface area contributed by atoms with Crippen LogP contribution in [0, 0.1) is 0 Å². The monoisotopic (exact) mass is 998 g/mol. The first kappa shape index (κ1) is 60.8. The number of ketones is 2. The van der Waals surface area contributed by atoms with Crippen LogP contribution in [0.3, 0.4) is 0 Å². The van der Waals surface area contributed by atoms with E-state index in [2.05, 4.69) is 42.5 Å². The summed E-state index contributed by atoms with van der Waals surface area (Å²) in [4.78, 5) is 86.5. The van der Waals surface area contributed by atoms with E-state index in [-0.39, 0.29) is 25.4 Å². The number of carbonyl (C=O) groups is 7. The molecule has 4 amide bonds. The second-order valence-electron chi connectivity index (χ2n) is 15.9. The van der Waals surface area contributed by atoms with Crippen LogP contribution in [-0.2, 0) is 53.2 Å². The van der Waals surface area contributed by atoms with E-state index in [1.165, 1.54) is 12.1 Å². The zero-order chi connectivity index (χ0) is 51.6. The normalized spacial score (nSPS) is 15.0. The molecule has 8 atom stereocenters. The Bertz CT molecular complexity index is 2150. The standard InChI is InChI=1S/C22H34N4O8S.C22H36N4O6S/c1-4-9-15(25-20(29)16(23-5-2)13-35(3,33)34)19(28)21(30)24-12-17(27)26-18(22(31)32)14-10-7-6-8-11-14;1-5-10-17(26-21(29)18(23-6-2)14-33(4,31)32)20(28)22(30)24-13-19(27)25-15(3)16-11-8-7-9-12-16/h6-8,10-11,15-16,18,21,23-24,30H,4-5,9,12-13H2,1-3H3,(H,25,29)(H,26,27)(H,31,32);7-9,11-12,15,17-18,22-24,30H,5-6,10,13-14H2,1-4H3,(H,25,27)(H,26,29). The van der Waals surface area contributed by atoms with Crippen molar-refractivity contribution in [2.24, 2.45) is 0 Å². The number of carboxylic acid groups (broad SMARTS) is 1. The van der Waals surface area contributed by atoms with E-state index in [1.54, 1.807) is 39.0 Å². The molecule has 0 aliphatic rings. The summed E-state index contributed by atoms with van der Waals surface area (Å²) in [5.74, 6) is -6.22. The highest BCUT2D eigenvalue weighted by atomic mass is 32.2. The molecular weight excluding hydrogens is 929 g/mol. The molecule has 0 spiro atoms. The first-order valence-electron chi connectivity index (χ1n) is 22.1. The van der Waals surface area contributed by atoms with Crippen LogP contribution in [0.2, 0.25) is 0 Å². The summed E-state index contributed by atoms with van der Waals surface area (Å²) in [5, 5.41) is 50.3. The van der Waals surface area contributed by atoms with E-state index in [4.69, 9.17) is 0 Å². The largest absolute Gasteiger partial charge is 0.479 e. The van der Waals surface area contributed by atoms with Crippen molar-refractivity contribution in [3.63, 3.8) is 0 Å². The van der Waals surface area contributed by atoms with Crippen LogP contribution < -0.4 is 42.5 Å².